The summed E-state index contributed by atoms with van der Waals surface area (Å²) >= 11 is 6.11. The molecule has 0 unspecified atom stereocenters. The number of nitriles is 1. The topological polar surface area (TPSA) is 88.4 Å². The molecule has 1 heterocycles. The van der Waals surface area contributed by atoms with Crippen LogP contribution in [0.15, 0.2) is 42.5 Å². The maximum absolute atomic E-state index is 12.2. The molecule has 1 fully saturated rings. The second kappa shape index (κ2) is 9.40. The number of nitrogens with zero attached hydrogens (tertiary/aromatic N) is 1. The normalized spacial score (nSPS) is 18.2. The van der Waals surface area contributed by atoms with Gasteiger partial charge in [0.15, 0.2) is 0 Å². The van der Waals surface area contributed by atoms with Gasteiger partial charge in [0.2, 0.25) is 5.91 Å². The molecule has 162 valence electrons. The summed E-state index contributed by atoms with van der Waals surface area (Å²) in [6.45, 7) is 5.73. The second-order valence-electron chi connectivity index (χ2n) is 8.57. The quantitative estimate of drug-likeness (QED) is 0.668. The second-order valence-corrected chi connectivity index (χ2v) is 8.98. The smallest absolute Gasteiger partial charge is 0.307 e. The number of benzene rings is 2. The van der Waals surface area contributed by atoms with Gasteiger partial charge in [-0.05, 0) is 62.6 Å². The van der Waals surface area contributed by atoms with E-state index in [1.807, 2.05) is 36.4 Å². The summed E-state index contributed by atoms with van der Waals surface area (Å²) in [4.78, 5) is 24.2. The van der Waals surface area contributed by atoms with E-state index >= 15 is 0 Å². The first-order chi connectivity index (χ1) is 14.6. The lowest BCUT2D eigenvalue weighted by molar-refractivity contribution is -0.156. The van der Waals surface area contributed by atoms with Crippen LogP contribution in [-0.2, 0) is 14.3 Å². The molecule has 6 nitrogen and oxygen atoms in total. The van der Waals surface area contributed by atoms with Gasteiger partial charge < -0.3 is 14.8 Å². The highest BCUT2D eigenvalue weighted by atomic mass is 35.5. The fourth-order valence-corrected chi connectivity index (χ4v) is 3.65. The van der Waals surface area contributed by atoms with Gasteiger partial charge in [-0.3, -0.25) is 9.59 Å². The molecule has 0 aliphatic carbocycles. The van der Waals surface area contributed by atoms with Crippen molar-refractivity contribution in [1.29, 1.82) is 5.26 Å². The third kappa shape index (κ3) is 6.22. The number of amides is 1. The monoisotopic (exact) mass is 440 g/mol. The highest BCUT2D eigenvalue weighted by molar-refractivity contribution is 6.32. The van der Waals surface area contributed by atoms with E-state index in [0.29, 0.717) is 29.4 Å². The van der Waals surface area contributed by atoms with Crippen molar-refractivity contribution >= 4 is 23.5 Å². The third-order valence-corrected chi connectivity index (χ3v) is 5.16. The van der Waals surface area contributed by atoms with Gasteiger partial charge in [0.1, 0.15) is 24.0 Å². The zero-order valence-corrected chi connectivity index (χ0v) is 18.5. The van der Waals surface area contributed by atoms with Gasteiger partial charge in [-0.1, -0.05) is 29.8 Å². The molecule has 3 rings (SSSR count). The van der Waals surface area contributed by atoms with Gasteiger partial charge in [-0.2, -0.15) is 5.26 Å². The first kappa shape index (κ1) is 22.6. The highest BCUT2D eigenvalue weighted by Gasteiger charge is 2.35. The van der Waals surface area contributed by atoms with Gasteiger partial charge >= 0.3 is 5.97 Å². The minimum absolute atomic E-state index is 0.0709. The maximum atomic E-state index is 12.2. The number of ether oxygens (including phenoxy) is 2. The van der Waals surface area contributed by atoms with Crippen molar-refractivity contribution in [3.05, 3.63) is 53.1 Å². The number of carbonyl (C=O) groups is 2. The van der Waals surface area contributed by atoms with Crippen LogP contribution < -0.4 is 10.1 Å². The summed E-state index contributed by atoms with van der Waals surface area (Å²) in [6, 6.07) is 14.7. The minimum Gasteiger partial charge on any atom is -0.491 e. The van der Waals surface area contributed by atoms with Gasteiger partial charge in [-0.15, -0.1) is 0 Å². The summed E-state index contributed by atoms with van der Waals surface area (Å²) in [5.41, 5.74) is 1.73. The summed E-state index contributed by atoms with van der Waals surface area (Å²) in [5.74, 6) is -0.236. The van der Waals surface area contributed by atoms with E-state index in [4.69, 9.17) is 26.3 Å². The van der Waals surface area contributed by atoms with Crippen LogP contribution >= 0.6 is 11.6 Å². The van der Waals surface area contributed by atoms with E-state index in [1.165, 1.54) is 0 Å². The van der Waals surface area contributed by atoms with E-state index in [0.717, 1.165) is 11.1 Å². The Morgan fingerprint density at radius 2 is 1.87 bits per heavy atom. The Balaban J connectivity index is 1.53. The van der Waals surface area contributed by atoms with Crippen molar-refractivity contribution in [1.82, 2.24) is 5.32 Å². The summed E-state index contributed by atoms with van der Waals surface area (Å²) in [5, 5.41) is 12.3. The molecular formula is C24H25ClN2O4. The molecule has 7 heteroatoms. The van der Waals surface area contributed by atoms with Crippen LogP contribution in [0.2, 0.25) is 5.02 Å². The van der Waals surface area contributed by atoms with E-state index < -0.39 is 11.5 Å². The number of nitrogens with one attached hydrogen (secondary N) is 1. The standard InChI is InChI=1S/C24H25ClN2O4/c1-24(2,3)31-22(28)12-18-10-19(27-23(18)29)14-30-20-8-6-15(7-9-20)16-4-5-17(13-26)21(25)11-16/h4-9,11,18-19H,10,12,14H2,1-3H3,(H,27,29)/t18-,19-/m0/s1. The Bertz CT molecular complexity index is 1010. The van der Waals surface area contributed by atoms with Gasteiger partial charge in [0.05, 0.1) is 29.0 Å². The lowest BCUT2D eigenvalue weighted by Gasteiger charge is -2.20. The van der Waals surface area contributed by atoms with Gasteiger partial charge in [-0.25, -0.2) is 0 Å². The van der Waals surface area contributed by atoms with Crippen LogP contribution in [0.25, 0.3) is 11.1 Å². The number of hydrogen-bond donors (Lipinski definition) is 1. The molecule has 2 aromatic carbocycles. The van der Waals surface area contributed by atoms with Crippen molar-refractivity contribution in [2.45, 2.75) is 45.3 Å². The van der Waals surface area contributed by atoms with E-state index in [2.05, 4.69) is 5.32 Å². The average Bonchev–Trinajstić information content (AvgIpc) is 3.04. The average molecular weight is 441 g/mol. The van der Waals surface area contributed by atoms with Crippen molar-refractivity contribution in [3.8, 4) is 22.9 Å². The molecule has 1 amide bonds. The predicted octanol–water partition coefficient (Wildman–Crippen LogP) is 4.49. The number of esters is 1. The molecule has 31 heavy (non-hydrogen) atoms. The largest absolute Gasteiger partial charge is 0.491 e. The molecule has 1 aliphatic heterocycles. The first-order valence-electron chi connectivity index (χ1n) is 10.1. The molecular weight excluding hydrogens is 416 g/mol. The SMILES string of the molecule is CC(C)(C)OC(=O)C[C@@H]1C[C@@H](COc2ccc(-c3ccc(C#N)c(Cl)c3)cc2)NC1=O. The molecule has 1 saturated heterocycles. The minimum atomic E-state index is -0.566. The fourth-order valence-electron chi connectivity index (χ4n) is 3.42. The highest BCUT2D eigenvalue weighted by Crippen LogP contribution is 2.27. The summed E-state index contributed by atoms with van der Waals surface area (Å²) in [7, 11) is 0. The molecule has 0 aromatic heterocycles. The van der Waals surface area contributed by atoms with E-state index in [1.54, 1.807) is 32.9 Å². The molecule has 2 atom stereocenters. The Hall–Kier alpha value is -3.04. The Morgan fingerprint density at radius 3 is 2.48 bits per heavy atom. The zero-order chi connectivity index (χ0) is 22.6. The maximum Gasteiger partial charge on any atom is 0.307 e. The number of hydrogen-bond acceptors (Lipinski definition) is 5. The zero-order valence-electron chi connectivity index (χ0n) is 17.8. The molecule has 1 aliphatic rings. The number of halogens is 1. The molecule has 1 N–H and O–H groups in total. The molecule has 0 spiro atoms. The molecule has 2 aromatic rings. The van der Waals surface area contributed by atoms with E-state index in [-0.39, 0.29) is 24.3 Å². The van der Waals surface area contributed by atoms with E-state index in [9.17, 15) is 9.59 Å². The Morgan fingerprint density at radius 1 is 1.19 bits per heavy atom. The van der Waals surface area contributed by atoms with Crippen LogP contribution in [0.4, 0.5) is 0 Å². The Kier molecular flexibility index (Phi) is 6.87. The van der Waals surface area contributed by atoms with Crippen molar-refractivity contribution in [2.75, 3.05) is 6.61 Å². The van der Waals surface area contributed by atoms with Crippen LogP contribution in [0.5, 0.6) is 5.75 Å². The molecule has 0 saturated carbocycles. The third-order valence-electron chi connectivity index (χ3n) is 4.85. The predicted molar refractivity (Wildman–Crippen MR) is 118 cm³/mol. The van der Waals surface area contributed by atoms with Crippen LogP contribution in [0.3, 0.4) is 0 Å². The fraction of sp³-hybridized carbons (Fsp3) is 0.375. The van der Waals surface area contributed by atoms with Crippen molar-refractivity contribution in [2.24, 2.45) is 5.92 Å². The lowest BCUT2D eigenvalue weighted by atomic mass is 10.0. The summed E-state index contributed by atoms with van der Waals surface area (Å²) < 4.78 is 11.1. The number of rotatable bonds is 6. The summed E-state index contributed by atoms with van der Waals surface area (Å²) in [6.07, 6.45) is 0.599. The number of carbonyl (C=O) groups excluding carboxylic acids is 2. The van der Waals surface area contributed by atoms with Crippen molar-refractivity contribution in [3.63, 3.8) is 0 Å². The van der Waals surface area contributed by atoms with Gasteiger partial charge in [0.25, 0.3) is 0 Å². The molecule has 0 bridgehead atoms. The van der Waals surface area contributed by atoms with Crippen LogP contribution in [-0.4, -0.2) is 30.1 Å². The van der Waals surface area contributed by atoms with Crippen LogP contribution in [0.1, 0.15) is 39.2 Å². The Labute approximate surface area is 187 Å². The molecule has 0 radical (unpaired) electrons. The van der Waals surface area contributed by atoms with Gasteiger partial charge in [0, 0.05) is 0 Å². The lowest BCUT2D eigenvalue weighted by Crippen LogP contribution is -2.31. The van der Waals surface area contributed by atoms with Crippen LogP contribution in [0, 0.1) is 17.2 Å². The first-order valence-corrected chi connectivity index (χ1v) is 10.5. The van der Waals surface area contributed by atoms with Crippen molar-refractivity contribution < 1.29 is 19.1 Å².